The largest absolute Gasteiger partial charge is 0.312 e. The van der Waals surface area contributed by atoms with Crippen molar-refractivity contribution < 1.29 is 4.79 Å². The molecule has 2 N–H and O–H groups in total. The summed E-state index contributed by atoms with van der Waals surface area (Å²) in [4.78, 5) is 14.5. The third-order valence-electron chi connectivity index (χ3n) is 3.64. The number of para-hydroxylation sites is 1. The zero-order valence-electron chi connectivity index (χ0n) is 11.9. The van der Waals surface area contributed by atoms with Gasteiger partial charge in [-0.3, -0.25) is 9.89 Å². The van der Waals surface area contributed by atoms with Crippen LogP contribution in [-0.4, -0.2) is 29.2 Å². The lowest BCUT2D eigenvalue weighted by Crippen LogP contribution is -2.33. The molecule has 0 aliphatic carbocycles. The summed E-state index contributed by atoms with van der Waals surface area (Å²) >= 11 is 0. The summed E-state index contributed by atoms with van der Waals surface area (Å²) in [5, 5.41) is 10.5. The van der Waals surface area contributed by atoms with Crippen LogP contribution in [0.25, 0.3) is 0 Å². The van der Waals surface area contributed by atoms with Gasteiger partial charge >= 0.3 is 0 Å². The summed E-state index contributed by atoms with van der Waals surface area (Å²) in [5.41, 5.74) is 3.53. The quantitative estimate of drug-likeness (QED) is 0.913. The van der Waals surface area contributed by atoms with Gasteiger partial charge in [0.05, 0.1) is 0 Å². The highest BCUT2D eigenvalue weighted by Crippen LogP contribution is 2.20. The Morgan fingerprint density at radius 3 is 2.81 bits per heavy atom. The number of aromatic amines is 1. The van der Waals surface area contributed by atoms with E-state index in [1.54, 1.807) is 4.90 Å². The summed E-state index contributed by atoms with van der Waals surface area (Å²) in [6, 6.07) is 9.71. The number of H-pyrrole nitrogens is 1. The van der Waals surface area contributed by atoms with Crippen molar-refractivity contribution in [1.82, 2.24) is 15.5 Å². The Kier molecular flexibility index (Phi) is 4.98. The summed E-state index contributed by atoms with van der Waals surface area (Å²) in [5.74, 6) is -0.0418. The Balaban J connectivity index is 0.00000161. The molecule has 0 spiro atoms. The molecule has 0 saturated carbocycles. The predicted molar refractivity (Wildman–Crippen MR) is 85.0 cm³/mol. The molecule has 6 heteroatoms. The maximum absolute atomic E-state index is 12.7. The van der Waals surface area contributed by atoms with Gasteiger partial charge < -0.3 is 10.2 Å². The van der Waals surface area contributed by atoms with E-state index in [9.17, 15) is 4.79 Å². The molecule has 1 aromatic carbocycles. The number of carbonyl (C=O) groups excluding carboxylic acids is 1. The van der Waals surface area contributed by atoms with E-state index in [-0.39, 0.29) is 18.3 Å². The van der Waals surface area contributed by atoms with Crippen LogP contribution in [0.15, 0.2) is 30.3 Å². The number of aromatic nitrogens is 2. The number of carbonyl (C=O) groups is 1. The van der Waals surface area contributed by atoms with Crippen molar-refractivity contribution in [3.8, 4) is 0 Å². The standard InChI is InChI=1S/C15H18N4O.ClH/c1-2-19(11-6-4-3-5-7-11)15(20)14-12-10-16-9-8-13(12)17-18-14;/h3-7,16H,2,8-10H2,1H3,(H,17,18);1H. The van der Waals surface area contributed by atoms with Gasteiger partial charge in [0.25, 0.3) is 5.91 Å². The fraction of sp³-hybridized carbons (Fsp3) is 0.333. The first-order valence-electron chi connectivity index (χ1n) is 6.95. The molecule has 0 fully saturated rings. The van der Waals surface area contributed by atoms with Crippen molar-refractivity contribution in [2.24, 2.45) is 0 Å². The summed E-state index contributed by atoms with van der Waals surface area (Å²) in [7, 11) is 0. The van der Waals surface area contributed by atoms with Crippen molar-refractivity contribution in [2.45, 2.75) is 19.9 Å². The predicted octanol–water partition coefficient (Wildman–Crippen LogP) is 2.14. The van der Waals surface area contributed by atoms with Crippen molar-refractivity contribution in [3.63, 3.8) is 0 Å². The average Bonchev–Trinajstić information content (AvgIpc) is 2.93. The molecule has 2 heterocycles. The van der Waals surface area contributed by atoms with Crippen LogP contribution in [-0.2, 0) is 13.0 Å². The van der Waals surface area contributed by atoms with E-state index in [2.05, 4.69) is 15.5 Å². The highest BCUT2D eigenvalue weighted by molar-refractivity contribution is 6.05. The topological polar surface area (TPSA) is 61.0 Å². The lowest BCUT2D eigenvalue weighted by molar-refractivity contribution is 0.0982. The van der Waals surface area contributed by atoms with E-state index < -0.39 is 0 Å². The van der Waals surface area contributed by atoms with E-state index >= 15 is 0 Å². The first-order chi connectivity index (χ1) is 9.81. The third-order valence-corrected chi connectivity index (χ3v) is 3.64. The fourth-order valence-electron chi connectivity index (χ4n) is 2.58. The number of anilines is 1. The number of hydrogen-bond donors (Lipinski definition) is 2. The van der Waals surface area contributed by atoms with Crippen LogP contribution in [0.2, 0.25) is 0 Å². The van der Waals surface area contributed by atoms with E-state index in [4.69, 9.17) is 0 Å². The van der Waals surface area contributed by atoms with Gasteiger partial charge in [-0.05, 0) is 19.1 Å². The van der Waals surface area contributed by atoms with Crippen LogP contribution < -0.4 is 10.2 Å². The highest BCUT2D eigenvalue weighted by atomic mass is 35.5. The van der Waals surface area contributed by atoms with Gasteiger partial charge in [-0.1, -0.05) is 18.2 Å². The number of nitrogens with zero attached hydrogens (tertiary/aromatic N) is 2. The van der Waals surface area contributed by atoms with Crippen LogP contribution in [0.4, 0.5) is 5.69 Å². The minimum Gasteiger partial charge on any atom is -0.312 e. The van der Waals surface area contributed by atoms with Gasteiger partial charge in [-0.15, -0.1) is 12.4 Å². The Labute approximate surface area is 130 Å². The molecule has 0 radical (unpaired) electrons. The Bertz CT molecular complexity index is 611. The second kappa shape index (κ2) is 6.74. The van der Waals surface area contributed by atoms with Crippen LogP contribution in [0.5, 0.6) is 0 Å². The maximum atomic E-state index is 12.7. The van der Waals surface area contributed by atoms with E-state index in [1.807, 2.05) is 37.3 Å². The monoisotopic (exact) mass is 306 g/mol. The molecule has 0 bridgehead atoms. The van der Waals surface area contributed by atoms with Crippen molar-refractivity contribution in [3.05, 3.63) is 47.3 Å². The van der Waals surface area contributed by atoms with E-state index in [0.717, 1.165) is 29.9 Å². The minimum atomic E-state index is -0.0418. The first-order valence-corrected chi connectivity index (χ1v) is 6.95. The number of benzene rings is 1. The Morgan fingerprint density at radius 2 is 2.10 bits per heavy atom. The molecule has 1 aromatic heterocycles. The van der Waals surface area contributed by atoms with E-state index in [1.165, 1.54) is 0 Å². The van der Waals surface area contributed by atoms with Gasteiger partial charge in [0, 0.05) is 43.0 Å². The highest BCUT2D eigenvalue weighted by Gasteiger charge is 2.25. The molecular weight excluding hydrogens is 288 g/mol. The number of fused-ring (bicyclic) bond motifs is 1. The average molecular weight is 307 g/mol. The molecule has 1 amide bonds. The fourth-order valence-corrected chi connectivity index (χ4v) is 2.58. The number of nitrogens with one attached hydrogen (secondary N) is 2. The molecule has 2 aromatic rings. The Morgan fingerprint density at radius 1 is 1.33 bits per heavy atom. The van der Waals surface area contributed by atoms with Crippen LogP contribution in [0, 0.1) is 0 Å². The van der Waals surface area contributed by atoms with Crippen molar-refractivity contribution in [2.75, 3.05) is 18.0 Å². The summed E-state index contributed by atoms with van der Waals surface area (Å²) in [6.45, 7) is 4.23. The van der Waals surface area contributed by atoms with Crippen LogP contribution in [0.3, 0.4) is 0 Å². The molecular formula is C15H19ClN4O. The van der Waals surface area contributed by atoms with Gasteiger partial charge in [0.1, 0.15) is 0 Å². The number of rotatable bonds is 3. The van der Waals surface area contributed by atoms with Gasteiger partial charge in [0.2, 0.25) is 0 Å². The van der Waals surface area contributed by atoms with Gasteiger partial charge in [-0.25, -0.2) is 0 Å². The van der Waals surface area contributed by atoms with Gasteiger partial charge in [0.15, 0.2) is 5.69 Å². The van der Waals surface area contributed by atoms with Crippen molar-refractivity contribution >= 4 is 24.0 Å². The molecule has 1 aliphatic heterocycles. The molecule has 5 nitrogen and oxygen atoms in total. The number of halogens is 1. The van der Waals surface area contributed by atoms with Crippen molar-refractivity contribution in [1.29, 1.82) is 0 Å². The summed E-state index contributed by atoms with van der Waals surface area (Å²) in [6.07, 6.45) is 0.896. The molecule has 0 atom stereocenters. The molecule has 0 unspecified atom stereocenters. The van der Waals surface area contributed by atoms with Crippen LogP contribution >= 0.6 is 12.4 Å². The van der Waals surface area contributed by atoms with Gasteiger partial charge in [-0.2, -0.15) is 5.10 Å². The molecule has 112 valence electrons. The zero-order valence-corrected chi connectivity index (χ0v) is 12.7. The maximum Gasteiger partial charge on any atom is 0.279 e. The normalized spacial score (nSPS) is 13.2. The molecule has 0 saturated heterocycles. The third kappa shape index (κ3) is 2.94. The SMILES string of the molecule is CCN(C(=O)c1n[nH]c2c1CNCC2)c1ccccc1.Cl. The number of hydrogen-bond acceptors (Lipinski definition) is 3. The zero-order chi connectivity index (χ0) is 13.9. The summed E-state index contributed by atoms with van der Waals surface area (Å²) < 4.78 is 0. The smallest absolute Gasteiger partial charge is 0.279 e. The second-order valence-corrected chi connectivity index (χ2v) is 4.84. The van der Waals surface area contributed by atoms with E-state index in [0.29, 0.717) is 18.8 Å². The second-order valence-electron chi connectivity index (χ2n) is 4.84. The lowest BCUT2D eigenvalue weighted by atomic mass is 10.1. The minimum absolute atomic E-state index is 0. The van der Waals surface area contributed by atoms with Crippen LogP contribution in [0.1, 0.15) is 28.7 Å². The lowest BCUT2D eigenvalue weighted by Gasteiger charge is -2.21. The number of amides is 1. The Hall–Kier alpha value is -1.85. The first kappa shape index (κ1) is 15.5. The molecule has 3 rings (SSSR count). The molecule has 21 heavy (non-hydrogen) atoms. The molecule has 1 aliphatic rings.